The van der Waals surface area contributed by atoms with E-state index >= 15 is 0 Å². The summed E-state index contributed by atoms with van der Waals surface area (Å²) >= 11 is 0. The molecule has 0 bridgehead atoms. The minimum absolute atomic E-state index is 0.543. The second-order valence-corrected chi connectivity index (χ2v) is 5.57. The fourth-order valence-electron chi connectivity index (χ4n) is 2.49. The molecule has 0 fully saturated rings. The van der Waals surface area contributed by atoms with Gasteiger partial charge in [-0.05, 0) is 42.8 Å². The molecule has 0 amide bonds. The molecule has 0 aliphatic heterocycles. The molecule has 0 saturated heterocycles. The molecule has 0 spiro atoms. The Morgan fingerprint density at radius 1 is 1.17 bits per heavy atom. The second kappa shape index (κ2) is 8.33. The predicted molar refractivity (Wildman–Crippen MR) is 90.3 cm³/mol. The highest BCUT2D eigenvalue weighted by atomic mass is 16.5. The van der Waals surface area contributed by atoms with Gasteiger partial charge in [-0.25, -0.2) is 0 Å². The minimum atomic E-state index is -0.564. The van der Waals surface area contributed by atoms with Crippen molar-refractivity contribution in [3.8, 4) is 11.8 Å². The van der Waals surface area contributed by atoms with Gasteiger partial charge in [0.2, 0.25) is 0 Å². The van der Waals surface area contributed by atoms with Crippen LogP contribution in [-0.4, -0.2) is 37.3 Å². The van der Waals surface area contributed by atoms with Gasteiger partial charge in [0.05, 0.1) is 24.8 Å². The average Bonchev–Trinajstić information content (AvgIpc) is 2.60. The number of para-hydroxylation sites is 1. The van der Waals surface area contributed by atoms with Crippen LogP contribution in [0.2, 0.25) is 0 Å². The molecule has 120 valence electrons. The highest BCUT2D eigenvalue weighted by Gasteiger charge is 2.11. The van der Waals surface area contributed by atoms with Crippen molar-refractivity contribution in [3.63, 3.8) is 0 Å². The number of ether oxygens (including phenoxy) is 1. The first-order chi connectivity index (χ1) is 11.1. The third-order valence-electron chi connectivity index (χ3n) is 3.86. The van der Waals surface area contributed by atoms with Crippen LogP contribution >= 0.6 is 0 Å². The van der Waals surface area contributed by atoms with Gasteiger partial charge in [-0.15, -0.1) is 0 Å². The predicted octanol–water partition coefficient (Wildman–Crippen LogP) is 2.77. The van der Waals surface area contributed by atoms with Crippen LogP contribution in [0.5, 0.6) is 5.75 Å². The lowest BCUT2D eigenvalue weighted by Gasteiger charge is -2.21. The SMILES string of the molecule is COc1ccccc1CCN(C)CC(O)c1ccc(C#N)cc1. The molecular formula is C19H22N2O2. The van der Waals surface area contributed by atoms with Gasteiger partial charge in [0.1, 0.15) is 5.75 Å². The maximum atomic E-state index is 10.3. The Morgan fingerprint density at radius 3 is 2.52 bits per heavy atom. The van der Waals surface area contributed by atoms with E-state index in [1.165, 1.54) is 0 Å². The molecule has 0 saturated carbocycles. The van der Waals surface area contributed by atoms with Crippen molar-refractivity contribution >= 4 is 0 Å². The number of nitrogens with zero attached hydrogens (tertiary/aromatic N) is 2. The van der Waals surface area contributed by atoms with E-state index in [0.29, 0.717) is 12.1 Å². The van der Waals surface area contributed by atoms with E-state index in [4.69, 9.17) is 10.00 Å². The zero-order valence-electron chi connectivity index (χ0n) is 13.6. The Morgan fingerprint density at radius 2 is 1.87 bits per heavy atom. The van der Waals surface area contributed by atoms with Crippen molar-refractivity contribution in [1.82, 2.24) is 4.90 Å². The molecular weight excluding hydrogens is 288 g/mol. The molecule has 4 nitrogen and oxygen atoms in total. The second-order valence-electron chi connectivity index (χ2n) is 5.57. The van der Waals surface area contributed by atoms with Gasteiger partial charge in [-0.3, -0.25) is 0 Å². The number of rotatable bonds is 7. The van der Waals surface area contributed by atoms with Crippen molar-refractivity contribution in [3.05, 3.63) is 65.2 Å². The lowest BCUT2D eigenvalue weighted by atomic mass is 10.1. The molecule has 0 aliphatic carbocycles. The summed E-state index contributed by atoms with van der Waals surface area (Å²) in [6, 6.07) is 17.1. The quantitative estimate of drug-likeness (QED) is 0.854. The Kier molecular flexibility index (Phi) is 6.16. The van der Waals surface area contributed by atoms with Gasteiger partial charge in [0.15, 0.2) is 0 Å². The molecule has 1 N–H and O–H groups in total. The standard InChI is InChI=1S/C19H22N2O2/c1-21(12-11-17-5-3-4-6-19(17)23-2)14-18(22)16-9-7-15(13-20)8-10-16/h3-10,18,22H,11-12,14H2,1-2H3. The van der Waals surface area contributed by atoms with Gasteiger partial charge in [-0.1, -0.05) is 30.3 Å². The lowest BCUT2D eigenvalue weighted by molar-refractivity contribution is 0.127. The zero-order chi connectivity index (χ0) is 16.7. The Hall–Kier alpha value is -2.35. The Labute approximate surface area is 137 Å². The first-order valence-electron chi connectivity index (χ1n) is 7.62. The summed E-state index contributed by atoms with van der Waals surface area (Å²) in [5.41, 5.74) is 2.59. The van der Waals surface area contributed by atoms with Crippen LogP contribution in [-0.2, 0) is 6.42 Å². The van der Waals surface area contributed by atoms with Crippen LogP contribution in [0.25, 0.3) is 0 Å². The van der Waals surface area contributed by atoms with E-state index in [-0.39, 0.29) is 0 Å². The van der Waals surface area contributed by atoms with Crippen LogP contribution in [0.3, 0.4) is 0 Å². The number of nitriles is 1. The number of aliphatic hydroxyl groups is 1. The number of hydrogen-bond acceptors (Lipinski definition) is 4. The summed E-state index contributed by atoms with van der Waals surface area (Å²) in [6.45, 7) is 1.37. The molecule has 0 heterocycles. The van der Waals surface area contributed by atoms with Crippen LogP contribution in [0.15, 0.2) is 48.5 Å². The van der Waals surface area contributed by atoms with Crippen LogP contribution < -0.4 is 4.74 Å². The first kappa shape index (κ1) is 17.0. The summed E-state index contributed by atoms with van der Waals surface area (Å²) in [7, 11) is 3.67. The third kappa shape index (κ3) is 4.82. The fourth-order valence-corrected chi connectivity index (χ4v) is 2.49. The number of aliphatic hydroxyl groups excluding tert-OH is 1. The first-order valence-corrected chi connectivity index (χ1v) is 7.62. The fraction of sp³-hybridized carbons (Fsp3) is 0.316. The van der Waals surface area contributed by atoms with Gasteiger partial charge >= 0.3 is 0 Å². The summed E-state index contributed by atoms with van der Waals surface area (Å²) in [4.78, 5) is 2.09. The summed E-state index contributed by atoms with van der Waals surface area (Å²) in [6.07, 6.45) is 0.297. The van der Waals surface area contributed by atoms with Crippen molar-refractivity contribution in [2.75, 3.05) is 27.2 Å². The number of methoxy groups -OCH3 is 1. The summed E-state index contributed by atoms with van der Waals surface area (Å²) in [5, 5.41) is 19.1. The van der Waals surface area contributed by atoms with Crippen LogP contribution in [0.1, 0.15) is 22.8 Å². The Balaban J connectivity index is 1.88. The molecule has 0 radical (unpaired) electrons. The summed E-state index contributed by atoms with van der Waals surface area (Å²) in [5.74, 6) is 0.897. The molecule has 0 aromatic heterocycles. The van der Waals surface area contributed by atoms with E-state index in [1.54, 1.807) is 31.4 Å². The minimum Gasteiger partial charge on any atom is -0.496 e. The van der Waals surface area contributed by atoms with Gasteiger partial charge in [-0.2, -0.15) is 5.26 Å². The maximum Gasteiger partial charge on any atom is 0.122 e. The van der Waals surface area contributed by atoms with Crippen LogP contribution in [0, 0.1) is 11.3 Å². The van der Waals surface area contributed by atoms with E-state index in [9.17, 15) is 5.11 Å². The molecule has 2 aromatic rings. The van der Waals surface area contributed by atoms with Crippen molar-refractivity contribution in [2.24, 2.45) is 0 Å². The maximum absolute atomic E-state index is 10.3. The van der Waals surface area contributed by atoms with Crippen LogP contribution in [0.4, 0.5) is 0 Å². The van der Waals surface area contributed by atoms with Crippen molar-refractivity contribution < 1.29 is 9.84 Å². The molecule has 0 aliphatic rings. The average molecular weight is 310 g/mol. The normalized spacial score (nSPS) is 12.0. The number of benzene rings is 2. The molecule has 23 heavy (non-hydrogen) atoms. The van der Waals surface area contributed by atoms with E-state index in [2.05, 4.69) is 17.0 Å². The summed E-state index contributed by atoms with van der Waals surface area (Å²) < 4.78 is 5.36. The number of likely N-dealkylation sites (N-methyl/N-ethyl adjacent to an activating group) is 1. The van der Waals surface area contributed by atoms with E-state index in [1.807, 2.05) is 25.2 Å². The smallest absolute Gasteiger partial charge is 0.122 e. The lowest BCUT2D eigenvalue weighted by Crippen LogP contribution is -2.26. The Bertz CT molecular complexity index is 662. The molecule has 2 rings (SSSR count). The molecule has 4 heteroatoms. The van der Waals surface area contributed by atoms with Gasteiger partial charge in [0.25, 0.3) is 0 Å². The van der Waals surface area contributed by atoms with Crippen molar-refractivity contribution in [2.45, 2.75) is 12.5 Å². The largest absolute Gasteiger partial charge is 0.496 e. The van der Waals surface area contributed by atoms with E-state index < -0.39 is 6.10 Å². The third-order valence-corrected chi connectivity index (χ3v) is 3.86. The zero-order valence-corrected chi connectivity index (χ0v) is 13.6. The topological polar surface area (TPSA) is 56.5 Å². The monoisotopic (exact) mass is 310 g/mol. The molecule has 1 atom stereocenters. The highest BCUT2D eigenvalue weighted by Crippen LogP contribution is 2.19. The van der Waals surface area contributed by atoms with Crippen molar-refractivity contribution in [1.29, 1.82) is 5.26 Å². The molecule has 2 aromatic carbocycles. The highest BCUT2D eigenvalue weighted by molar-refractivity contribution is 5.34. The molecule has 1 unspecified atom stereocenters. The van der Waals surface area contributed by atoms with Gasteiger partial charge < -0.3 is 14.7 Å². The number of hydrogen-bond donors (Lipinski definition) is 1. The van der Waals surface area contributed by atoms with Gasteiger partial charge in [0, 0.05) is 13.1 Å². The van der Waals surface area contributed by atoms with E-state index in [0.717, 1.165) is 29.8 Å².